The van der Waals surface area contributed by atoms with Gasteiger partial charge in [-0.05, 0) is 11.1 Å². The number of rotatable bonds is 7. The summed E-state index contributed by atoms with van der Waals surface area (Å²) >= 11 is 0. The van der Waals surface area contributed by atoms with E-state index < -0.39 is 36.9 Å². The van der Waals surface area contributed by atoms with Gasteiger partial charge in [0.05, 0.1) is 12.6 Å². The average Bonchev–Trinajstić information content (AvgIpc) is 2.90. The second kappa shape index (κ2) is 10.8. The Bertz CT molecular complexity index is 977. The lowest BCUT2D eigenvalue weighted by Gasteiger charge is -2.50. The largest absolute Gasteiger partial charge is 0.388 e. The van der Waals surface area contributed by atoms with Gasteiger partial charge in [0.2, 0.25) is 0 Å². The second-order valence-corrected chi connectivity index (χ2v) is 8.81. The highest BCUT2D eigenvalue weighted by Gasteiger charge is 2.51. The summed E-state index contributed by atoms with van der Waals surface area (Å²) in [5, 5.41) is 11.7. The first-order valence-corrected chi connectivity index (χ1v) is 11.7. The summed E-state index contributed by atoms with van der Waals surface area (Å²) in [6.07, 6.45) is -2.94. The Balaban J connectivity index is 1.42. The van der Waals surface area contributed by atoms with Crippen LogP contribution in [0.1, 0.15) is 23.0 Å². The van der Waals surface area contributed by atoms with Crippen LogP contribution < -0.4 is 0 Å². The molecule has 0 bridgehead atoms. The molecule has 1 N–H and O–H groups in total. The fourth-order valence-electron chi connectivity index (χ4n) is 4.84. The van der Waals surface area contributed by atoms with Crippen molar-refractivity contribution in [1.82, 2.24) is 4.90 Å². The maximum absolute atomic E-state index is 11.7. The molecule has 3 aromatic rings. The molecule has 34 heavy (non-hydrogen) atoms. The number of aliphatic hydroxyl groups is 1. The van der Waals surface area contributed by atoms with E-state index in [-0.39, 0.29) is 0 Å². The van der Waals surface area contributed by atoms with E-state index in [1.54, 1.807) is 7.11 Å². The fourth-order valence-corrected chi connectivity index (χ4v) is 4.84. The van der Waals surface area contributed by atoms with Crippen molar-refractivity contribution in [2.24, 2.45) is 0 Å². The predicted octanol–water partition coefficient (Wildman–Crippen LogP) is 3.90. The molecular weight excluding hydrogens is 430 g/mol. The molecule has 3 aromatic carbocycles. The van der Waals surface area contributed by atoms with Gasteiger partial charge < -0.3 is 24.1 Å². The Morgan fingerprint density at radius 3 is 1.94 bits per heavy atom. The molecule has 2 heterocycles. The number of hydrogen-bond acceptors (Lipinski definition) is 6. The van der Waals surface area contributed by atoms with Crippen molar-refractivity contribution in [2.45, 2.75) is 50.0 Å². The molecule has 5 rings (SSSR count). The van der Waals surface area contributed by atoms with Gasteiger partial charge in [0.15, 0.2) is 12.6 Å². The van der Waals surface area contributed by atoms with Crippen molar-refractivity contribution in [3.63, 3.8) is 0 Å². The van der Waals surface area contributed by atoms with Gasteiger partial charge in [-0.25, -0.2) is 0 Å². The Hall–Kier alpha value is -2.58. The first-order chi connectivity index (χ1) is 16.7. The summed E-state index contributed by atoms with van der Waals surface area (Å²) < 4.78 is 24.3. The number of fused-ring (bicyclic) bond motifs is 1. The summed E-state index contributed by atoms with van der Waals surface area (Å²) in [5.41, 5.74) is 3.22. The first-order valence-electron chi connectivity index (χ1n) is 11.7. The number of nitrogens with zero attached hydrogens (tertiary/aromatic N) is 1. The molecule has 2 aliphatic rings. The molecular formula is C28H31NO5. The Labute approximate surface area is 200 Å². The van der Waals surface area contributed by atoms with Crippen molar-refractivity contribution < 1.29 is 24.1 Å². The lowest BCUT2D eigenvalue weighted by atomic mass is 9.93. The molecule has 6 nitrogen and oxygen atoms in total. The fraction of sp³-hybridized carbons (Fsp3) is 0.357. The number of benzene rings is 3. The SMILES string of the molecule is CO[C@@H]1O[C@@H]2COC(c3ccccc3)O[C@H]2[C@H](O)[C@H]1N(Cc1ccccc1)Cc1ccccc1. The molecule has 178 valence electrons. The number of aliphatic hydroxyl groups excluding tert-OH is 1. The molecule has 0 spiro atoms. The smallest absolute Gasteiger partial charge is 0.184 e. The molecule has 1 unspecified atom stereocenters. The van der Waals surface area contributed by atoms with E-state index in [9.17, 15) is 5.11 Å². The van der Waals surface area contributed by atoms with Crippen molar-refractivity contribution in [3.05, 3.63) is 108 Å². The van der Waals surface area contributed by atoms with Gasteiger partial charge >= 0.3 is 0 Å². The van der Waals surface area contributed by atoms with Crippen molar-refractivity contribution in [3.8, 4) is 0 Å². The van der Waals surface area contributed by atoms with E-state index in [1.807, 2.05) is 66.7 Å². The monoisotopic (exact) mass is 461 g/mol. The van der Waals surface area contributed by atoms with Crippen LogP contribution in [-0.2, 0) is 32.0 Å². The molecule has 0 radical (unpaired) electrons. The Morgan fingerprint density at radius 1 is 0.824 bits per heavy atom. The van der Waals surface area contributed by atoms with Crippen molar-refractivity contribution >= 4 is 0 Å². The maximum Gasteiger partial charge on any atom is 0.184 e. The second-order valence-electron chi connectivity index (χ2n) is 8.81. The zero-order valence-electron chi connectivity index (χ0n) is 19.3. The van der Waals surface area contributed by atoms with Gasteiger partial charge in [-0.1, -0.05) is 91.0 Å². The van der Waals surface area contributed by atoms with Gasteiger partial charge in [0.25, 0.3) is 0 Å². The van der Waals surface area contributed by atoms with Gasteiger partial charge in [-0.15, -0.1) is 0 Å². The number of hydrogen-bond donors (Lipinski definition) is 1. The van der Waals surface area contributed by atoms with E-state index in [1.165, 1.54) is 0 Å². The van der Waals surface area contributed by atoms with Crippen LogP contribution in [0.25, 0.3) is 0 Å². The Kier molecular flexibility index (Phi) is 7.35. The molecule has 6 heteroatoms. The summed E-state index contributed by atoms with van der Waals surface area (Å²) in [6.45, 7) is 1.60. The lowest BCUT2D eigenvalue weighted by molar-refractivity contribution is -0.351. The highest BCUT2D eigenvalue weighted by Crippen LogP contribution is 2.36. The third-order valence-corrected chi connectivity index (χ3v) is 6.52. The van der Waals surface area contributed by atoms with Crippen LogP contribution in [0.3, 0.4) is 0 Å². The van der Waals surface area contributed by atoms with Crippen LogP contribution in [0.4, 0.5) is 0 Å². The average molecular weight is 462 g/mol. The van der Waals surface area contributed by atoms with Crippen LogP contribution >= 0.6 is 0 Å². The predicted molar refractivity (Wildman–Crippen MR) is 128 cm³/mol. The quantitative estimate of drug-likeness (QED) is 0.576. The molecule has 0 aromatic heterocycles. The summed E-state index contributed by atoms with van der Waals surface area (Å²) in [6, 6.07) is 29.9. The summed E-state index contributed by atoms with van der Waals surface area (Å²) in [7, 11) is 1.62. The molecule has 0 amide bonds. The molecule has 6 atom stereocenters. The van der Waals surface area contributed by atoms with Gasteiger partial charge in [-0.3, -0.25) is 4.90 Å². The molecule has 0 aliphatic carbocycles. The topological polar surface area (TPSA) is 60.4 Å². The third-order valence-electron chi connectivity index (χ3n) is 6.52. The highest BCUT2D eigenvalue weighted by atomic mass is 16.7. The van der Waals surface area contributed by atoms with E-state index in [0.29, 0.717) is 19.7 Å². The molecule has 2 saturated heterocycles. The summed E-state index contributed by atoms with van der Waals surface area (Å²) in [5.74, 6) is 0. The van der Waals surface area contributed by atoms with E-state index >= 15 is 0 Å². The maximum atomic E-state index is 11.7. The standard InChI is InChI=1S/C28H31NO5/c1-31-28-24(29(17-20-11-5-2-6-12-20)18-21-13-7-3-8-14-21)25(30)26-23(33-28)19-32-27(34-26)22-15-9-4-10-16-22/h2-16,23-28,30H,17-19H2,1H3/t23-,24-,25-,26-,27?,28-/m1/s1. The van der Waals surface area contributed by atoms with Crippen molar-refractivity contribution in [2.75, 3.05) is 13.7 Å². The highest BCUT2D eigenvalue weighted by molar-refractivity contribution is 5.19. The first kappa shape index (κ1) is 23.2. The zero-order chi connectivity index (χ0) is 23.3. The number of methoxy groups -OCH3 is 1. The summed E-state index contributed by atoms with van der Waals surface area (Å²) in [4.78, 5) is 2.22. The minimum atomic E-state index is -0.828. The van der Waals surface area contributed by atoms with E-state index in [0.717, 1.165) is 16.7 Å². The van der Waals surface area contributed by atoms with Crippen LogP contribution in [0.2, 0.25) is 0 Å². The minimum Gasteiger partial charge on any atom is -0.388 e. The number of ether oxygens (including phenoxy) is 4. The van der Waals surface area contributed by atoms with E-state index in [2.05, 4.69) is 29.2 Å². The third kappa shape index (κ3) is 5.08. The van der Waals surface area contributed by atoms with Crippen molar-refractivity contribution in [1.29, 1.82) is 0 Å². The van der Waals surface area contributed by atoms with Gasteiger partial charge in [0, 0.05) is 25.8 Å². The van der Waals surface area contributed by atoms with Crippen LogP contribution in [-0.4, -0.2) is 54.4 Å². The molecule has 0 saturated carbocycles. The zero-order valence-corrected chi connectivity index (χ0v) is 19.3. The van der Waals surface area contributed by atoms with Crippen LogP contribution in [0.15, 0.2) is 91.0 Å². The Morgan fingerprint density at radius 2 is 1.38 bits per heavy atom. The normalized spacial score (nSPS) is 29.0. The van der Waals surface area contributed by atoms with E-state index in [4.69, 9.17) is 18.9 Å². The van der Waals surface area contributed by atoms with Crippen LogP contribution in [0.5, 0.6) is 0 Å². The molecule has 2 fully saturated rings. The lowest BCUT2D eigenvalue weighted by Crippen LogP contribution is -2.66. The minimum absolute atomic E-state index is 0.325. The van der Waals surface area contributed by atoms with Gasteiger partial charge in [0.1, 0.15) is 18.3 Å². The van der Waals surface area contributed by atoms with Gasteiger partial charge in [-0.2, -0.15) is 0 Å². The molecule has 2 aliphatic heterocycles. The van der Waals surface area contributed by atoms with Crippen LogP contribution in [0, 0.1) is 0 Å².